The number of carbonyl (C=O) groups is 1. The molecule has 1 amide bonds. The number of anilines is 2. The summed E-state index contributed by atoms with van der Waals surface area (Å²) in [5, 5.41) is 5.99. The van der Waals surface area contributed by atoms with Crippen molar-refractivity contribution in [1.29, 1.82) is 0 Å². The van der Waals surface area contributed by atoms with Gasteiger partial charge < -0.3 is 20.1 Å². The second-order valence-electron chi connectivity index (χ2n) is 6.86. The second-order valence-corrected chi connectivity index (χ2v) is 9.43. The zero-order valence-corrected chi connectivity index (χ0v) is 20.5. The lowest BCUT2D eigenvalue weighted by Crippen LogP contribution is -2.29. The molecule has 10 heteroatoms. The minimum atomic E-state index is -3.87. The molecule has 0 saturated carbocycles. The molecular formula is C23H24BrN3O5S. The largest absolute Gasteiger partial charge is 0.496 e. The van der Waals surface area contributed by atoms with Crippen molar-refractivity contribution in [2.45, 2.75) is 4.90 Å². The van der Waals surface area contributed by atoms with Crippen molar-refractivity contribution in [2.75, 3.05) is 37.3 Å². The zero-order chi connectivity index (χ0) is 23.8. The van der Waals surface area contributed by atoms with E-state index in [1.165, 1.54) is 20.3 Å². The number of methoxy groups -OCH3 is 2. The van der Waals surface area contributed by atoms with Crippen LogP contribution in [0.15, 0.2) is 76.1 Å². The number of hydrogen-bond donors (Lipinski definition) is 3. The second kappa shape index (κ2) is 11.1. The van der Waals surface area contributed by atoms with Gasteiger partial charge in [0.05, 0.1) is 25.5 Å². The smallest absolute Gasteiger partial charge is 0.265 e. The average molecular weight is 534 g/mol. The van der Waals surface area contributed by atoms with Crippen LogP contribution in [0.4, 0.5) is 11.4 Å². The molecule has 174 valence electrons. The predicted octanol–water partition coefficient (Wildman–Crippen LogP) is 4.11. The number of sulfonamides is 1. The molecule has 0 heterocycles. The van der Waals surface area contributed by atoms with Gasteiger partial charge in [0.15, 0.2) is 0 Å². The van der Waals surface area contributed by atoms with E-state index in [-0.39, 0.29) is 16.6 Å². The topological polar surface area (TPSA) is 106 Å². The van der Waals surface area contributed by atoms with Crippen LogP contribution in [0, 0.1) is 0 Å². The summed E-state index contributed by atoms with van der Waals surface area (Å²) in [6.45, 7) is 0.804. The Bertz CT molecular complexity index is 1230. The Morgan fingerprint density at radius 2 is 1.61 bits per heavy atom. The normalized spacial score (nSPS) is 10.9. The van der Waals surface area contributed by atoms with Crippen molar-refractivity contribution >= 4 is 43.2 Å². The number of ether oxygens (including phenoxy) is 2. The first-order valence-corrected chi connectivity index (χ1v) is 12.2. The number of amides is 1. The fourth-order valence-electron chi connectivity index (χ4n) is 3.07. The van der Waals surface area contributed by atoms with Gasteiger partial charge >= 0.3 is 0 Å². The Labute approximate surface area is 201 Å². The monoisotopic (exact) mass is 533 g/mol. The lowest BCUT2D eigenvalue weighted by molar-refractivity contribution is 0.0952. The Hall–Kier alpha value is -3.24. The molecule has 3 rings (SSSR count). The highest BCUT2D eigenvalue weighted by Crippen LogP contribution is 2.29. The number of hydrogen-bond acceptors (Lipinski definition) is 6. The fraction of sp³-hybridized carbons (Fsp3) is 0.174. The molecule has 0 aliphatic rings. The van der Waals surface area contributed by atoms with Crippen LogP contribution in [0.5, 0.6) is 11.5 Å². The van der Waals surface area contributed by atoms with Gasteiger partial charge in [-0.25, -0.2) is 8.42 Å². The quantitative estimate of drug-likeness (QED) is 0.338. The van der Waals surface area contributed by atoms with E-state index >= 15 is 0 Å². The van der Waals surface area contributed by atoms with Crippen LogP contribution < -0.4 is 24.8 Å². The van der Waals surface area contributed by atoms with Gasteiger partial charge in [-0.3, -0.25) is 9.52 Å². The van der Waals surface area contributed by atoms with Crippen molar-refractivity contribution in [3.63, 3.8) is 0 Å². The average Bonchev–Trinajstić information content (AvgIpc) is 2.81. The molecule has 3 aromatic rings. The van der Waals surface area contributed by atoms with Gasteiger partial charge in [0.25, 0.3) is 15.9 Å². The third-order valence-corrected chi connectivity index (χ3v) is 6.52. The molecule has 3 aromatic carbocycles. The molecule has 0 fully saturated rings. The summed E-state index contributed by atoms with van der Waals surface area (Å²) in [4.78, 5) is 12.4. The molecule has 0 saturated heterocycles. The van der Waals surface area contributed by atoms with E-state index in [9.17, 15) is 13.2 Å². The number of carbonyl (C=O) groups excluding carboxylic acids is 1. The van der Waals surface area contributed by atoms with E-state index in [4.69, 9.17) is 9.47 Å². The highest BCUT2D eigenvalue weighted by molar-refractivity contribution is 9.10. The highest BCUT2D eigenvalue weighted by Gasteiger charge is 2.20. The molecule has 0 spiro atoms. The van der Waals surface area contributed by atoms with Crippen LogP contribution in [0.1, 0.15) is 10.4 Å². The van der Waals surface area contributed by atoms with Gasteiger partial charge in [-0.15, -0.1) is 0 Å². The number of benzene rings is 3. The van der Waals surface area contributed by atoms with Crippen molar-refractivity contribution in [3.8, 4) is 11.5 Å². The summed E-state index contributed by atoms with van der Waals surface area (Å²) in [5.74, 6) is 0.509. The molecule has 3 N–H and O–H groups in total. The number of nitrogens with one attached hydrogen (secondary N) is 3. The van der Waals surface area contributed by atoms with E-state index in [1.54, 1.807) is 60.7 Å². The lowest BCUT2D eigenvalue weighted by atomic mass is 10.2. The minimum Gasteiger partial charge on any atom is -0.496 e. The first-order chi connectivity index (χ1) is 15.8. The first-order valence-electron chi connectivity index (χ1n) is 9.95. The molecule has 0 atom stereocenters. The molecule has 0 radical (unpaired) electrons. The summed E-state index contributed by atoms with van der Waals surface area (Å²) in [6.07, 6.45) is 0. The Balaban J connectivity index is 1.60. The molecule has 8 nitrogen and oxygen atoms in total. The number of rotatable bonds is 10. The standard InChI is InChI=1S/C23H24BrN3O5S/c1-31-20-9-4-3-8-19(20)23(28)26-13-12-25-17-6-5-7-18(15-17)27-33(29,30)22-14-16(24)10-11-21(22)32-2/h3-11,14-15,25,27H,12-13H2,1-2H3,(H,26,28). The van der Waals surface area contributed by atoms with Gasteiger partial charge in [0, 0.05) is 23.2 Å². The van der Waals surface area contributed by atoms with Gasteiger partial charge in [0.2, 0.25) is 0 Å². The summed E-state index contributed by atoms with van der Waals surface area (Å²) in [5.41, 5.74) is 1.54. The summed E-state index contributed by atoms with van der Waals surface area (Å²) in [6, 6.07) is 18.6. The van der Waals surface area contributed by atoms with E-state index in [1.807, 2.05) is 0 Å². The fourth-order valence-corrected chi connectivity index (χ4v) is 4.83. The van der Waals surface area contributed by atoms with Crippen LogP contribution >= 0.6 is 15.9 Å². The molecule has 0 aliphatic heterocycles. The van der Waals surface area contributed by atoms with E-state index in [0.717, 1.165) is 0 Å². The maximum Gasteiger partial charge on any atom is 0.265 e. The number of halogens is 1. The van der Waals surface area contributed by atoms with E-state index in [0.29, 0.717) is 40.2 Å². The first kappa shape index (κ1) is 24.4. The van der Waals surface area contributed by atoms with E-state index < -0.39 is 10.0 Å². The molecule has 0 aromatic heterocycles. The van der Waals surface area contributed by atoms with Crippen molar-refractivity contribution in [3.05, 3.63) is 76.8 Å². The van der Waals surface area contributed by atoms with Gasteiger partial charge in [-0.2, -0.15) is 0 Å². The van der Waals surface area contributed by atoms with E-state index in [2.05, 4.69) is 31.3 Å². The predicted molar refractivity (Wildman–Crippen MR) is 132 cm³/mol. The SMILES string of the molecule is COc1ccccc1C(=O)NCCNc1cccc(NS(=O)(=O)c2cc(Br)ccc2OC)c1. The highest BCUT2D eigenvalue weighted by atomic mass is 79.9. The lowest BCUT2D eigenvalue weighted by Gasteiger charge is -2.14. The molecule has 0 aliphatic carbocycles. The van der Waals surface area contributed by atoms with Crippen molar-refractivity contribution < 1.29 is 22.7 Å². The third kappa shape index (κ3) is 6.39. The maximum atomic E-state index is 12.9. The van der Waals surface area contributed by atoms with Gasteiger partial charge in [-0.05, 0) is 48.5 Å². The maximum absolute atomic E-state index is 12.9. The van der Waals surface area contributed by atoms with Crippen LogP contribution in [-0.2, 0) is 10.0 Å². The van der Waals surface area contributed by atoms with Crippen LogP contribution in [0.25, 0.3) is 0 Å². The molecule has 33 heavy (non-hydrogen) atoms. The summed E-state index contributed by atoms with van der Waals surface area (Å²) >= 11 is 3.29. The summed E-state index contributed by atoms with van der Waals surface area (Å²) < 4.78 is 39.3. The van der Waals surface area contributed by atoms with Gasteiger partial charge in [0.1, 0.15) is 16.4 Å². The Morgan fingerprint density at radius 3 is 2.36 bits per heavy atom. The van der Waals surface area contributed by atoms with Crippen molar-refractivity contribution in [1.82, 2.24) is 5.32 Å². The van der Waals surface area contributed by atoms with Crippen LogP contribution in [0.3, 0.4) is 0 Å². The Morgan fingerprint density at radius 1 is 0.879 bits per heavy atom. The zero-order valence-electron chi connectivity index (χ0n) is 18.1. The summed E-state index contributed by atoms with van der Waals surface area (Å²) in [7, 11) is -0.939. The van der Waals surface area contributed by atoms with Crippen LogP contribution in [0.2, 0.25) is 0 Å². The molecule has 0 bridgehead atoms. The van der Waals surface area contributed by atoms with Crippen LogP contribution in [-0.4, -0.2) is 41.6 Å². The molecule has 0 unspecified atom stereocenters. The third-order valence-electron chi connectivity index (χ3n) is 4.62. The van der Waals surface area contributed by atoms with Gasteiger partial charge in [-0.1, -0.05) is 34.1 Å². The molecular weight excluding hydrogens is 510 g/mol. The minimum absolute atomic E-state index is 0.0248. The van der Waals surface area contributed by atoms with Crippen molar-refractivity contribution in [2.24, 2.45) is 0 Å². The Kier molecular flexibility index (Phi) is 8.18. The number of para-hydroxylation sites is 1.